The van der Waals surface area contributed by atoms with Crippen molar-refractivity contribution in [2.45, 2.75) is 12.4 Å². The maximum atomic E-state index is 12.1. The van der Waals surface area contributed by atoms with E-state index in [0.29, 0.717) is 28.8 Å². The van der Waals surface area contributed by atoms with Gasteiger partial charge in [0.1, 0.15) is 5.75 Å². The van der Waals surface area contributed by atoms with E-state index in [4.69, 9.17) is 27.9 Å². The first-order valence-corrected chi connectivity index (χ1v) is 7.31. The average molecular weight is 324 g/mol. The predicted molar refractivity (Wildman–Crippen MR) is 85.2 cm³/mol. The van der Waals surface area contributed by atoms with Gasteiger partial charge in [0, 0.05) is 28.6 Å². The molecule has 1 amide bonds. The van der Waals surface area contributed by atoms with Crippen LogP contribution in [0.4, 0.5) is 0 Å². The number of carbonyl (C=O) groups is 1. The summed E-state index contributed by atoms with van der Waals surface area (Å²) in [5.41, 5.74) is 2.31. The highest BCUT2D eigenvalue weighted by molar-refractivity contribution is 6.31. The van der Waals surface area contributed by atoms with Gasteiger partial charge < -0.3 is 10.1 Å². The molecule has 2 rings (SSSR count). The molecule has 0 saturated heterocycles. The second-order valence-electron chi connectivity index (χ2n) is 4.43. The predicted octanol–water partition coefficient (Wildman–Crippen LogP) is 4.02. The summed E-state index contributed by atoms with van der Waals surface area (Å²) in [6, 6.07) is 12.5. The maximum absolute atomic E-state index is 12.1. The normalized spacial score (nSPS) is 10.2. The number of nitrogens with one attached hydrogen (secondary N) is 1. The summed E-state index contributed by atoms with van der Waals surface area (Å²) in [5, 5.41) is 3.39. The zero-order chi connectivity index (χ0) is 15.2. The molecule has 1 N–H and O–H groups in total. The Morgan fingerprint density at radius 2 is 1.90 bits per heavy atom. The third-order valence-electron chi connectivity index (χ3n) is 3.09. The van der Waals surface area contributed by atoms with Crippen molar-refractivity contribution in [2.75, 3.05) is 7.11 Å². The Morgan fingerprint density at radius 1 is 1.19 bits per heavy atom. The van der Waals surface area contributed by atoms with E-state index in [0.717, 1.165) is 11.1 Å². The lowest BCUT2D eigenvalue weighted by atomic mass is 10.1. The van der Waals surface area contributed by atoms with Gasteiger partial charge in [0.15, 0.2) is 0 Å². The van der Waals surface area contributed by atoms with Crippen LogP contribution in [0, 0.1) is 0 Å². The number of ether oxygens (including phenoxy) is 1. The van der Waals surface area contributed by atoms with E-state index in [1.165, 1.54) is 0 Å². The van der Waals surface area contributed by atoms with Crippen molar-refractivity contribution in [1.82, 2.24) is 5.32 Å². The van der Waals surface area contributed by atoms with Crippen molar-refractivity contribution >= 4 is 29.1 Å². The van der Waals surface area contributed by atoms with E-state index < -0.39 is 0 Å². The summed E-state index contributed by atoms with van der Waals surface area (Å²) >= 11 is 11.9. The molecule has 0 bridgehead atoms. The van der Waals surface area contributed by atoms with Gasteiger partial charge in [-0.2, -0.15) is 0 Å². The van der Waals surface area contributed by atoms with Crippen LogP contribution in [0.15, 0.2) is 42.5 Å². The Labute approximate surface area is 133 Å². The number of hydrogen-bond acceptors (Lipinski definition) is 2. The zero-order valence-corrected chi connectivity index (χ0v) is 13.0. The SMILES string of the molecule is COc1cccc(Cl)c1CNC(=O)c1ccc(CCl)cc1. The Bertz CT molecular complexity index is 627. The van der Waals surface area contributed by atoms with Gasteiger partial charge in [-0.3, -0.25) is 4.79 Å². The third kappa shape index (κ3) is 3.90. The standard InChI is InChI=1S/C16H15Cl2NO2/c1-21-15-4-2-3-14(18)13(15)10-19-16(20)12-7-5-11(9-17)6-8-12/h2-8H,9-10H2,1H3,(H,19,20). The molecule has 0 atom stereocenters. The van der Waals surface area contributed by atoms with Gasteiger partial charge in [-0.25, -0.2) is 0 Å². The van der Waals surface area contributed by atoms with Crippen molar-refractivity contribution in [1.29, 1.82) is 0 Å². The molecule has 21 heavy (non-hydrogen) atoms. The van der Waals surface area contributed by atoms with Gasteiger partial charge in [0.05, 0.1) is 7.11 Å². The minimum atomic E-state index is -0.168. The molecule has 0 spiro atoms. The Balaban J connectivity index is 2.07. The van der Waals surface area contributed by atoms with E-state index >= 15 is 0 Å². The Kier molecular flexibility index (Phi) is 5.48. The van der Waals surface area contributed by atoms with Crippen LogP contribution >= 0.6 is 23.2 Å². The van der Waals surface area contributed by atoms with Crippen LogP contribution in [-0.4, -0.2) is 13.0 Å². The summed E-state index contributed by atoms with van der Waals surface area (Å²) in [4.78, 5) is 12.1. The Hall–Kier alpha value is -1.71. The van der Waals surface area contributed by atoms with Gasteiger partial charge in [-0.15, -0.1) is 11.6 Å². The monoisotopic (exact) mass is 323 g/mol. The third-order valence-corrected chi connectivity index (χ3v) is 3.75. The number of halogens is 2. The lowest BCUT2D eigenvalue weighted by molar-refractivity contribution is 0.0950. The van der Waals surface area contributed by atoms with Crippen LogP contribution in [-0.2, 0) is 12.4 Å². The first-order chi connectivity index (χ1) is 10.2. The molecule has 2 aromatic rings. The Morgan fingerprint density at radius 3 is 2.52 bits per heavy atom. The summed E-state index contributed by atoms with van der Waals surface area (Å²) in [6.07, 6.45) is 0. The second-order valence-corrected chi connectivity index (χ2v) is 5.11. The lowest BCUT2D eigenvalue weighted by Crippen LogP contribution is -2.23. The van der Waals surface area contributed by atoms with E-state index in [1.54, 1.807) is 31.4 Å². The number of rotatable bonds is 5. The van der Waals surface area contributed by atoms with Crippen molar-refractivity contribution in [2.24, 2.45) is 0 Å². The molecule has 0 unspecified atom stereocenters. The molecule has 0 radical (unpaired) electrons. The first-order valence-electron chi connectivity index (χ1n) is 6.40. The van der Waals surface area contributed by atoms with Crippen molar-refractivity contribution in [3.05, 3.63) is 64.2 Å². The highest BCUT2D eigenvalue weighted by Crippen LogP contribution is 2.25. The highest BCUT2D eigenvalue weighted by atomic mass is 35.5. The van der Waals surface area contributed by atoms with Crippen LogP contribution in [0.5, 0.6) is 5.75 Å². The van der Waals surface area contributed by atoms with Gasteiger partial charge in [-0.1, -0.05) is 29.8 Å². The summed E-state index contributed by atoms with van der Waals surface area (Å²) in [5.74, 6) is 0.914. The van der Waals surface area contributed by atoms with E-state index in [2.05, 4.69) is 5.32 Å². The fraction of sp³-hybridized carbons (Fsp3) is 0.188. The second kappa shape index (κ2) is 7.34. The van der Waals surface area contributed by atoms with Crippen LogP contribution in [0.1, 0.15) is 21.5 Å². The summed E-state index contributed by atoms with van der Waals surface area (Å²) < 4.78 is 5.24. The quantitative estimate of drug-likeness (QED) is 0.844. The molecule has 2 aromatic carbocycles. The average Bonchev–Trinajstić information content (AvgIpc) is 2.53. The number of carbonyl (C=O) groups excluding carboxylic acids is 1. The molecule has 0 heterocycles. The maximum Gasteiger partial charge on any atom is 0.251 e. The van der Waals surface area contributed by atoms with Crippen LogP contribution in [0.2, 0.25) is 5.02 Å². The molecule has 3 nitrogen and oxygen atoms in total. The van der Waals surface area contributed by atoms with Crippen molar-refractivity contribution in [3.8, 4) is 5.75 Å². The van der Waals surface area contributed by atoms with Gasteiger partial charge in [0.2, 0.25) is 0 Å². The van der Waals surface area contributed by atoms with Crippen molar-refractivity contribution < 1.29 is 9.53 Å². The van der Waals surface area contributed by atoms with Crippen LogP contribution in [0.3, 0.4) is 0 Å². The number of amides is 1. The molecule has 0 fully saturated rings. The summed E-state index contributed by atoms with van der Waals surface area (Å²) in [6.45, 7) is 0.305. The molecule has 0 aliphatic heterocycles. The molecule has 0 aliphatic rings. The molecule has 0 aliphatic carbocycles. The summed E-state index contributed by atoms with van der Waals surface area (Å²) in [7, 11) is 1.57. The number of hydrogen-bond donors (Lipinski definition) is 1. The van der Waals surface area contributed by atoms with Crippen LogP contribution < -0.4 is 10.1 Å². The highest BCUT2D eigenvalue weighted by Gasteiger charge is 2.10. The van der Waals surface area contributed by atoms with Crippen LogP contribution in [0.25, 0.3) is 0 Å². The van der Waals surface area contributed by atoms with Gasteiger partial charge in [-0.05, 0) is 29.8 Å². The fourth-order valence-electron chi connectivity index (χ4n) is 1.92. The van der Waals surface area contributed by atoms with E-state index in [9.17, 15) is 4.79 Å². The zero-order valence-electron chi connectivity index (χ0n) is 11.5. The minimum absolute atomic E-state index is 0.168. The molecule has 0 aromatic heterocycles. The molecule has 5 heteroatoms. The molecular weight excluding hydrogens is 309 g/mol. The van der Waals surface area contributed by atoms with E-state index in [1.807, 2.05) is 18.2 Å². The van der Waals surface area contributed by atoms with Crippen molar-refractivity contribution in [3.63, 3.8) is 0 Å². The molecular formula is C16H15Cl2NO2. The minimum Gasteiger partial charge on any atom is -0.496 e. The number of alkyl halides is 1. The molecule has 110 valence electrons. The molecule has 0 saturated carbocycles. The van der Waals surface area contributed by atoms with Gasteiger partial charge >= 0.3 is 0 Å². The topological polar surface area (TPSA) is 38.3 Å². The lowest BCUT2D eigenvalue weighted by Gasteiger charge is -2.11. The fourth-order valence-corrected chi connectivity index (χ4v) is 2.33. The largest absolute Gasteiger partial charge is 0.496 e. The van der Waals surface area contributed by atoms with Gasteiger partial charge in [0.25, 0.3) is 5.91 Å². The van der Waals surface area contributed by atoms with E-state index in [-0.39, 0.29) is 5.91 Å². The number of methoxy groups -OCH3 is 1. The first kappa shape index (κ1) is 15.7. The smallest absolute Gasteiger partial charge is 0.251 e. The number of benzene rings is 2.